The van der Waals surface area contributed by atoms with E-state index >= 15 is 0 Å². The fourth-order valence-electron chi connectivity index (χ4n) is 1.09. The first kappa shape index (κ1) is 10.8. The van der Waals surface area contributed by atoms with E-state index in [1.165, 1.54) is 18.2 Å². The number of benzene rings is 1. The number of aliphatic carboxylic acids is 1. The molecule has 0 heterocycles. The largest absolute Gasteiger partial charge is 0.550 e. The summed E-state index contributed by atoms with van der Waals surface area (Å²) in [6.07, 6.45) is -0.856. The van der Waals surface area contributed by atoms with Crippen molar-refractivity contribution in [3.63, 3.8) is 0 Å². The predicted molar refractivity (Wildman–Crippen MR) is 47.1 cm³/mol. The Balaban J connectivity index is 3.08. The maximum absolute atomic E-state index is 11.3. The molecule has 1 aromatic carbocycles. The van der Waals surface area contributed by atoms with E-state index < -0.39 is 28.8 Å². The van der Waals surface area contributed by atoms with E-state index in [2.05, 4.69) is 0 Å². The van der Waals surface area contributed by atoms with Gasteiger partial charge in [0, 0.05) is 12.0 Å². The molecule has 0 aromatic heterocycles. The molecule has 0 spiro atoms. The van der Waals surface area contributed by atoms with Crippen LogP contribution in [-0.4, -0.2) is 16.7 Å². The van der Waals surface area contributed by atoms with Crippen LogP contribution in [-0.2, 0) is 4.79 Å². The van der Waals surface area contributed by atoms with Gasteiger partial charge in [0.1, 0.15) is 0 Å². The van der Waals surface area contributed by atoms with Crippen molar-refractivity contribution in [3.05, 3.63) is 39.9 Å². The van der Waals surface area contributed by atoms with E-state index in [-0.39, 0.29) is 5.56 Å². The molecular weight excluding hydrogens is 202 g/mol. The van der Waals surface area contributed by atoms with Crippen molar-refractivity contribution in [2.45, 2.75) is 6.42 Å². The lowest BCUT2D eigenvalue weighted by Gasteiger charge is -2.02. The first-order chi connectivity index (χ1) is 7.02. The number of nitro benzene ring substituents is 1. The SMILES string of the molecule is O=C([O-])CC(=O)c1ccccc1[N+](=O)[O-]. The summed E-state index contributed by atoms with van der Waals surface area (Å²) in [5.41, 5.74) is -0.615. The van der Waals surface area contributed by atoms with Gasteiger partial charge < -0.3 is 9.90 Å². The third kappa shape index (κ3) is 2.60. The van der Waals surface area contributed by atoms with E-state index in [0.717, 1.165) is 6.07 Å². The third-order valence-electron chi connectivity index (χ3n) is 1.71. The number of Topliss-reactive ketones (excluding diaryl/α,β-unsaturated/α-hetero) is 1. The molecule has 6 nitrogen and oxygen atoms in total. The Labute approximate surface area is 84.3 Å². The van der Waals surface area contributed by atoms with Crippen LogP contribution in [0.2, 0.25) is 0 Å². The van der Waals surface area contributed by atoms with E-state index in [1.54, 1.807) is 0 Å². The standard InChI is InChI=1S/C9H7NO5/c11-8(5-9(12)13)6-3-1-2-4-7(6)10(14)15/h1-4H,5H2,(H,12,13)/p-1. The molecule has 0 N–H and O–H groups in total. The average molecular weight is 208 g/mol. The molecule has 0 aliphatic carbocycles. The van der Waals surface area contributed by atoms with Crippen LogP contribution in [0, 0.1) is 10.1 Å². The number of hydrogen-bond acceptors (Lipinski definition) is 5. The Bertz CT molecular complexity index is 426. The number of para-hydroxylation sites is 1. The zero-order valence-corrected chi connectivity index (χ0v) is 7.50. The second kappa shape index (κ2) is 4.32. The summed E-state index contributed by atoms with van der Waals surface area (Å²) in [4.78, 5) is 31.2. The molecule has 0 radical (unpaired) electrons. The van der Waals surface area contributed by atoms with Gasteiger partial charge in [0.05, 0.1) is 16.9 Å². The molecule has 0 amide bonds. The zero-order valence-electron chi connectivity index (χ0n) is 7.50. The fourth-order valence-corrected chi connectivity index (χ4v) is 1.09. The minimum Gasteiger partial charge on any atom is -0.550 e. The maximum Gasteiger partial charge on any atom is 0.280 e. The highest BCUT2D eigenvalue weighted by Gasteiger charge is 2.18. The number of hydrogen-bond donors (Lipinski definition) is 0. The Hall–Kier alpha value is -2.24. The summed E-state index contributed by atoms with van der Waals surface area (Å²) in [5.74, 6) is -2.39. The molecule has 6 heteroatoms. The van der Waals surface area contributed by atoms with Crippen LogP contribution in [0.15, 0.2) is 24.3 Å². The predicted octanol–water partition coefficient (Wildman–Crippen LogP) is -0.0825. The number of nitrogens with zero attached hydrogens (tertiary/aromatic N) is 1. The number of carbonyl (C=O) groups is 2. The fraction of sp³-hybridized carbons (Fsp3) is 0.111. The van der Waals surface area contributed by atoms with Crippen molar-refractivity contribution in [2.24, 2.45) is 0 Å². The Morgan fingerprint density at radius 3 is 2.40 bits per heavy atom. The molecule has 1 aromatic rings. The van der Waals surface area contributed by atoms with Gasteiger partial charge in [0.25, 0.3) is 5.69 Å². The monoisotopic (exact) mass is 208 g/mol. The Kier molecular flexibility index (Phi) is 3.12. The molecule has 0 saturated carbocycles. The van der Waals surface area contributed by atoms with Crippen LogP contribution in [0.5, 0.6) is 0 Å². The minimum absolute atomic E-state index is 0.216. The van der Waals surface area contributed by atoms with Crippen molar-refractivity contribution in [3.8, 4) is 0 Å². The summed E-state index contributed by atoms with van der Waals surface area (Å²) < 4.78 is 0. The van der Waals surface area contributed by atoms with Crippen LogP contribution in [0.25, 0.3) is 0 Å². The zero-order chi connectivity index (χ0) is 11.4. The van der Waals surface area contributed by atoms with Gasteiger partial charge in [-0.2, -0.15) is 0 Å². The van der Waals surface area contributed by atoms with Crippen LogP contribution in [0.1, 0.15) is 16.8 Å². The molecular formula is C9H6NO5-. The third-order valence-corrected chi connectivity index (χ3v) is 1.71. The van der Waals surface area contributed by atoms with Gasteiger partial charge in [-0.3, -0.25) is 14.9 Å². The summed E-state index contributed by atoms with van der Waals surface area (Å²) in [5, 5.41) is 20.7. The minimum atomic E-state index is -1.56. The van der Waals surface area contributed by atoms with E-state index in [0.29, 0.717) is 0 Å². The molecule has 0 unspecified atom stereocenters. The highest BCUT2D eigenvalue weighted by molar-refractivity contribution is 6.07. The molecule has 0 atom stereocenters. The van der Waals surface area contributed by atoms with E-state index in [9.17, 15) is 24.8 Å². The second-order valence-electron chi connectivity index (χ2n) is 2.75. The van der Waals surface area contributed by atoms with Crippen LogP contribution >= 0.6 is 0 Å². The van der Waals surface area contributed by atoms with Crippen molar-refractivity contribution >= 4 is 17.4 Å². The average Bonchev–Trinajstić information content (AvgIpc) is 2.16. The normalized spacial score (nSPS) is 9.60. The molecule has 0 fully saturated rings. The molecule has 0 saturated heterocycles. The van der Waals surface area contributed by atoms with Crippen LogP contribution in [0.3, 0.4) is 0 Å². The van der Waals surface area contributed by atoms with Crippen molar-refractivity contribution < 1.29 is 19.6 Å². The lowest BCUT2D eigenvalue weighted by molar-refractivity contribution is -0.385. The van der Waals surface area contributed by atoms with Gasteiger partial charge in [-0.1, -0.05) is 12.1 Å². The number of carboxylic acid groups (broad SMARTS) is 1. The maximum atomic E-state index is 11.3. The first-order valence-corrected chi connectivity index (χ1v) is 3.99. The molecule has 0 bridgehead atoms. The van der Waals surface area contributed by atoms with Gasteiger partial charge in [0.15, 0.2) is 5.78 Å². The summed E-state index contributed by atoms with van der Waals surface area (Å²) in [6, 6.07) is 5.18. The highest BCUT2D eigenvalue weighted by Crippen LogP contribution is 2.18. The van der Waals surface area contributed by atoms with Crippen LogP contribution in [0.4, 0.5) is 5.69 Å². The Morgan fingerprint density at radius 1 is 1.27 bits per heavy atom. The highest BCUT2D eigenvalue weighted by atomic mass is 16.6. The molecule has 1 rings (SSSR count). The topological polar surface area (TPSA) is 100 Å². The van der Waals surface area contributed by atoms with Crippen LogP contribution < -0.4 is 5.11 Å². The number of carboxylic acids is 1. The number of ketones is 1. The van der Waals surface area contributed by atoms with Gasteiger partial charge in [0.2, 0.25) is 0 Å². The molecule has 15 heavy (non-hydrogen) atoms. The number of carbonyl (C=O) groups excluding carboxylic acids is 2. The second-order valence-corrected chi connectivity index (χ2v) is 2.75. The summed E-state index contributed by atoms with van der Waals surface area (Å²) >= 11 is 0. The molecule has 0 aliphatic heterocycles. The van der Waals surface area contributed by atoms with Gasteiger partial charge in [-0.05, 0) is 6.07 Å². The van der Waals surface area contributed by atoms with Crippen molar-refractivity contribution in [1.29, 1.82) is 0 Å². The Morgan fingerprint density at radius 2 is 1.87 bits per heavy atom. The lowest BCUT2D eigenvalue weighted by Crippen LogP contribution is -2.25. The van der Waals surface area contributed by atoms with Gasteiger partial charge in [-0.25, -0.2) is 0 Å². The van der Waals surface area contributed by atoms with Gasteiger partial charge in [-0.15, -0.1) is 0 Å². The smallest absolute Gasteiger partial charge is 0.280 e. The lowest BCUT2D eigenvalue weighted by atomic mass is 10.1. The van der Waals surface area contributed by atoms with E-state index in [1.807, 2.05) is 0 Å². The molecule has 78 valence electrons. The quantitative estimate of drug-likeness (QED) is 0.298. The summed E-state index contributed by atoms with van der Waals surface area (Å²) in [6.45, 7) is 0. The number of rotatable bonds is 4. The van der Waals surface area contributed by atoms with Crippen molar-refractivity contribution in [2.75, 3.05) is 0 Å². The number of nitro groups is 1. The van der Waals surface area contributed by atoms with Crippen molar-refractivity contribution in [1.82, 2.24) is 0 Å². The van der Waals surface area contributed by atoms with Gasteiger partial charge >= 0.3 is 0 Å². The molecule has 0 aliphatic rings. The van der Waals surface area contributed by atoms with E-state index in [4.69, 9.17) is 0 Å². The first-order valence-electron chi connectivity index (χ1n) is 3.99. The summed E-state index contributed by atoms with van der Waals surface area (Å²) in [7, 11) is 0.